The predicted octanol–water partition coefficient (Wildman–Crippen LogP) is 3.48. The smallest absolute Gasteiger partial charge is 0.335 e. The minimum atomic E-state index is -1.17. The first kappa shape index (κ1) is 19.8. The zero-order chi connectivity index (χ0) is 20.8. The molecule has 0 unspecified atom stereocenters. The molecular weight excluding hydrogens is 370 g/mol. The van der Waals surface area contributed by atoms with E-state index in [1.807, 2.05) is 42.5 Å². The molecule has 0 aliphatic carbocycles. The molecule has 0 aliphatic rings. The average molecular weight is 389 g/mol. The third-order valence-corrected chi connectivity index (χ3v) is 4.50. The highest BCUT2D eigenvalue weighted by Gasteiger charge is 2.21. The van der Waals surface area contributed by atoms with E-state index in [1.54, 1.807) is 24.3 Å². The molecule has 0 radical (unpaired) electrons. The highest BCUT2D eigenvalue weighted by atomic mass is 16.4. The molecule has 0 spiro atoms. The van der Waals surface area contributed by atoms with Gasteiger partial charge in [0.2, 0.25) is 0 Å². The lowest BCUT2D eigenvalue weighted by atomic mass is 10.0. The van der Waals surface area contributed by atoms with Gasteiger partial charge in [0, 0.05) is 12.0 Å². The number of rotatable bonds is 7. The van der Waals surface area contributed by atoms with Crippen molar-refractivity contribution in [2.45, 2.75) is 12.5 Å². The first-order valence-electron chi connectivity index (χ1n) is 8.95. The van der Waals surface area contributed by atoms with Crippen LogP contribution in [0.2, 0.25) is 0 Å². The van der Waals surface area contributed by atoms with Crippen LogP contribution in [0.1, 0.15) is 26.3 Å². The summed E-state index contributed by atoms with van der Waals surface area (Å²) < 4.78 is 0. The maximum atomic E-state index is 12.5. The highest BCUT2D eigenvalue weighted by molar-refractivity contribution is 5.97. The summed E-state index contributed by atoms with van der Waals surface area (Å²) in [6.45, 7) is 0. The number of hydrogen-bond acceptors (Lipinski definition) is 3. The van der Waals surface area contributed by atoms with Crippen LogP contribution in [0.15, 0.2) is 78.9 Å². The Hall–Kier alpha value is -3.93. The third kappa shape index (κ3) is 5.07. The molecule has 6 nitrogen and oxygen atoms in total. The highest BCUT2D eigenvalue weighted by Crippen LogP contribution is 2.19. The first-order valence-corrected chi connectivity index (χ1v) is 8.95. The summed E-state index contributed by atoms with van der Waals surface area (Å²) in [5.74, 6) is -2.71. The van der Waals surface area contributed by atoms with E-state index in [4.69, 9.17) is 5.11 Å². The molecule has 3 rings (SSSR count). The monoisotopic (exact) mass is 389 g/mol. The van der Waals surface area contributed by atoms with E-state index in [9.17, 15) is 19.5 Å². The predicted molar refractivity (Wildman–Crippen MR) is 108 cm³/mol. The number of hydrogen-bond donors (Lipinski definition) is 3. The number of carboxylic acids is 2. The second kappa shape index (κ2) is 8.84. The summed E-state index contributed by atoms with van der Waals surface area (Å²) in [7, 11) is 0. The molecule has 0 aromatic heterocycles. The van der Waals surface area contributed by atoms with Crippen molar-refractivity contribution in [3.8, 4) is 11.1 Å². The van der Waals surface area contributed by atoms with Crippen molar-refractivity contribution in [1.82, 2.24) is 5.32 Å². The maximum Gasteiger partial charge on any atom is 0.335 e. The van der Waals surface area contributed by atoms with E-state index in [0.29, 0.717) is 11.1 Å². The van der Waals surface area contributed by atoms with Crippen LogP contribution < -0.4 is 5.32 Å². The minimum absolute atomic E-state index is 0.0447. The zero-order valence-electron chi connectivity index (χ0n) is 15.4. The van der Waals surface area contributed by atoms with Crippen molar-refractivity contribution >= 4 is 17.8 Å². The molecule has 3 N–H and O–H groups in total. The molecule has 1 amide bonds. The van der Waals surface area contributed by atoms with Gasteiger partial charge in [-0.2, -0.15) is 0 Å². The Kier molecular flexibility index (Phi) is 6.04. The number of nitrogens with one attached hydrogen (secondary N) is 1. The molecule has 0 saturated carbocycles. The molecular formula is C23H19NO5. The van der Waals surface area contributed by atoms with Crippen molar-refractivity contribution in [2.24, 2.45) is 0 Å². The summed E-state index contributed by atoms with van der Waals surface area (Å²) in [5.41, 5.74) is 3.06. The van der Waals surface area contributed by atoms with Gasteiger partial charge in [-0.05, 0) is 41.0 Å². The Balaban J connectivity index is 1.69. The number of carbonyl (C=O) groups is 3. The van der Waals surface area contributed by atoms with Crippen molar-refractivity contribution in [2.75, 3.05) is 0 Å². The molecule has 0 aliphatic heterocycles. The van der Waals surface area contributed by atoms with Gasteiger partial charge in [0.05, 0.1) is 5.56 Å². The molecule has 0 saturated heterocycles. The summed E-state index contributed by atoms with van der Waals surface area (Å²) in [5, 5.41) is 20.9. The average Bonchev–Trinajstić information content (AvgIpc) is 2.74. The molecule has 3 aromatic rings. The Morgan fingerprint density at radius 1 is 0.724 bits per heavy atom. The van der Waals surface area contributed by atoms with Gasteiger partial charge in [-0.1, -0.05) is 54.6 Å². The van der Waals surface area contributed by atoms with Crippen LogP contribution in [-0.2, 0) is 11.2 Å². The number of carbonyl (C=O) groups excluding carboxylic acids is 1. The van der Waals surface area contributed by atoms with Gasteiger partial charge in [-0.3, -0.25) is 4.79 Å². The lowest BCUT2D eigenvalue weighted by molar-refractivity contribution is -0.139. The maximum absolute atomic E-state index is 12.5. The number of amides is 1. The fourth-order valence-corrected chi connectivity index (χ4v) is 2.91. The van der Waals surface area contributed by atoms with Crippen LogP contribution in [-0.4, -0.2) is 34.1 Å². The van der Waals surface area contributed by atoms with E-state index in [2.05, 4.69) is 5.32 Å². The standard InChI is InChI=1S/C23H19NO5/c25-21(18-12-10-17(11-13-18)16-4-2-1-3-5-16)24-20(23(28)29)14-15-6-8-19(9-7-15)22(26)27/h1-13,20H,14H2,(H,24,25)(H,26,27)(H,28,29)/t20-/m1/s1. The summed E-state index contributed by atoms with van der Waals surface area (Å²) in [4.78, 5) is 35.0. The molecule has 146 valence electrons. The lowest BCUT2D eigenvalue weighted by Crippen LogP contribution is -2.42. The van der Waals surface area contributed by atoms with E-state index in [-0.39, 0.29) is 12.0 Å². The summed E-state index contributed by atoms with van der Waals surface area (Å²) in [6.07, 6.45) is 0.0447. The van der Waals surface area contributed by atoms with Crippen molar-refractivity contribution in [3.05, 3.63) is 95.6 Å². The van der Waals surface area contributed by atoms with Gasteiger partial charge in [0.15, 0.2) is 0 Å². The molecule has 6 heteroatoms. The van der Waals surface area contributed by atoms with Crippen LogP contribution in [0.25, 0.3) is 11.1 Å². The molecule has 1 atom stereocenters. The SMILES string of the molecule is O=C(O)c1ccc(C[C@@H](NC(=O)c2ccc(-c3ccccc3)cc2)C(=O)O)cc1. The van der Waals surface area contributed by atoms with E-state index in [0.717, 1.165) is 11.1 Å². The molecule has 3 aromatic carbocycles. The largest absolute Gasteiger partial charge is 0.480 e. The number of aromatic carboxylic acids is 1. The summed E-state index contributed by atoms with van der Waals surface area (Å²) in [6, 6.07) is 21.4. The zero-order valence-corrected chi connectivity index (χ0v) is 15.4. The van der Waals surface area contributed by atoms with Crippen molar-refractivity contribution < 1.29 is 24.6 Å². The molecule has 0 heterocycles. The van der Waals surface area contributed by atoms with Gasteiger partial charge in [0.25, 0.3) is 5.91 Å². The van der Waals surface area contributed by atoms with Gasteiger partial charge < -0.3 is 15.5 Å². The van der Waals surface area contributed by atoms with Crippen LogP contribution in [0.5, 0.6) is 0 Å². The van der Waals surface area contributed by atoms with Crippen LogP contribution in [0, 0.1) is 0 Å². The Morgan fingerprint density at radius 2 is 1.28 bits per heavy atom. The van der Waals surface area contributed by atoms with Crippen LogP contribution in [0.3, 0.4) is 0 Å². The van der Waals surface area contributed by atoms with Crippen molar-refractivity contribution in [3.63, 3.8) is 0 Å². The topological polar surface area (TPSA) is 104 Å². The molecule has 0 fully saturated rings. The second-order valence-electron chi connectivity index (χ2n) is 6.51. The molecule has 0 bridgehead atoms. The number of benzene rings is 3. The van der Waals surface area contributed by atoms with Crippen LogP contribution in [0.4, 0.5) is 0 Å². The van der Waals surface area contributed by atoms with E-state index in [1.165, 1.54) is 12.1 Å². The lowest BCUT2D eigenvalue weighted by Gasteiger charge is -2.15. The minimum Gasteiger partial charge on any atom is -0.480 e. The summed E-state index contributed by atoms with van der Waals surface area (Å²) >= 11 is 0. The Labute approximate surface area is 167 Å². The number of aliphatic carboxylic acids is 1. The third-order valence-electron chi connectivity index (χ3n) is 4.50. The van der Waals surface area contributed by atoms with Gasteiger partial charge >= 0.3 is 11.9 Å². The normalized spacial score (nSPS) is 11.4. The second-order valence-corrected chi connectivity index (χ2v) is 6.51. The first-order chi connectivity index (χ1) is 13.9. The Bertz CT molecular complexity index is 1010. The van der Waals surface area contributed by atoms with Gasteiger partial charge in [-0.15, -0.1) is 0 Å². The molecule has 29 heavy (non-hydrogen) atoms. The quantitative estimate of drug-likeness (QED) is 0.574. The van der Waals surface area contributed by atoms with Crippen LogP contribution >= 0.6 is 0 Å². The fourth-order valence-electron chi connectivity index (χ4n) is 2.91. The van der Waals surface area contributed by atoms with E-state index < -0.39 is 23.9 Å². The van der Waals surface area contributed by atoms with Gasteiger partial charge in [0.1, 0.15) is 6.04 Å². The van der Waals surface area contributed by atoms with Crippen molar-refractivity contribution in [1.29, 1.82) is 0 Å². The van der Waals surface area contributed by atoms with E-state index >= 15 is 0 Å². The number of carboxylic acid groups (broad SMARTS) is 2. The Morgan fingerprint density at radius 3 is 1.83 bits per heavy atom. The fraction of sp³-hybridized carbons (Fsp3) is 0.0870. The van der Waals surface area contributed by atoms with Gasteiger partial charge in [-0.25, -0.2) is 9.59 Å².